The Balaban J connectivity index is 1.66. The fraction of sp³-hybridized carbons (Fsp3) is 0.882. The predicted octanol–water partition coefficient (Wildman–Crippen LogP) is -0.343. The van der Waals surface area contributed by atoms with Crippen LogP contribution in [-0.2, 0) is 14.3 Å². The average molecular weight is 340 g/mol. The first-order chi connectivity index (χ1) is 11.5. The summed E-state index contributed by atoms with van der Waals surface area (Å²) in [6.07, 6.45) is 2.06. The van der Waals surface area contributed by atoms with Crippen molar-refractivity contribution in [2.75, 3.05) is 52.5 Å². The van der Waals surface area contributed by atoms with Crippen LogP contribution in [0.4, 0.5) is 0 Å². The topological polar surface area (TPSA) is 87.9 Å². The number of hydrogen-bond donors (Lipinski definition) is 2. The molecule has 7 heteroatoms. The quantitative estimate of drug-likeness (QED) is 0.690. The molecule has 3 N–H and O–H groups in total. The molecule has 2 aliphatic rings. The fourth-order valence-corrected chi connectivity index (χ4v) is 3.21. The van der Waals surface area contributed by atoms with Crippen LogP contribution in [0, 0.1) is 11.8 Å². The number of carbonyl (C=O) groups is 2. The summed E-state index contributed by atoms with van der Waals surface area (Å²) >= 11 is 0. The number of hydrogen-bond acceptors (Lipinski definition) is 5. The van der Waals surface area contributed by atoms with E-state index in [1.807, 2.05) is 18.7 Å². The van der Waals surface area contributed by atoms with Crippen molar-refractivity contribution in [2.45, 2.75) is 32.7 Å². The first kappa shape index (κ1) is 19.1. The number of rotatable bonds is 6. The summed E-state index contributed by atoms with van der Waals surface area (Å²) in [6, 6.07) is -0.558. The second-order valence-corrected chi connectivity index (χ2v) is 7.22. The fourth-order valence-electron chi connectivity index (χ4n) is 3.21. The predicted molar refractivity (Wildman–Crippen MR) is 92.4 cm³/mol. The van der Waals surface area contributed by atoms with E-state index in [-0.39, 0.29) is 24.3 Å². The van der Waals surface area contributed by atoms with Gasteiger partial charge >= 0.3 is 0 Å². The van der Waals surface area contributed by atoms with Crippen LogP contribution in [0.25, 0.3) is 0 Å². The van der Waals surface area contributed by atoms with Gasteiger partial charge in [-0.1, -0.05) is 13.8 Å². The SMILES string of the molecule is CC(C)[C@H](N)C(=O)NCC(=O)N1CCC(CN2CCOCC2)CC1. The lowest BCUT2D eigenvalue weighted by Crippen LogP contribution is -2.49. The van der Waals surface area contributed by atoms with Gasteiger partial charge in [0.05, 0.1) is 25.8 Å². The highest BCUT2D eigenvalue weighted by Crippen LogP contribution is 2.19. The monoisotopic (exact) mass is 340 g/mol. The number of morpholine rings is 1. The van der Waals surface area contributed by atoms with Crippen molar-refractivity contribution in [3.05, 3.63) is 0 Å². The zero-order valence-corrected chi connectivity index (χ0v) is 15.0. The summed E-state index contributed by atoms with van der Waals surface area (Å²) in [5.74, 6) is 0.455. The molecule has 2 heterocycles. The maximum atomic E-state index is 12.2. The van der Waals surface area contributed by atoms with Gasteiger partial charge in [0.25, 0.3) is 0 Å². The van der Waals surface area contributed by atoms with Gasteiger partial charge in [-0.3, -0.25) is 14.5 Å². The number of carbonyl (C=O) groups excluding carboxylic acids is 2. The van der Waals surface area contributed by atoms with E-state index in [4.69, 9.17) is 10.5 Å². The number of piperidine rings is 1. The molecule has 2 fully saturated rings. The van der Waals surface area contributed by atoms with Crippen molar-refractivity contribution in [3.8, 4) is 0 Å². The molecule has 0 radical (unpaired) electrons. The highest BCUT2D eigenvalue weighted by atomic mass is 16.5. The second kappa shape index (κ2) is 9.34. The van der Waals surface area contributed by atoms with Crippen molar-refractivity contribution in [1.29, 1.82) is 0 Å². The number of ether oxygens (including phenoxy) is 1. The van der Waals surface area contributed by atoms with Gasteiger partial charge in [-0.2, -0.15) is 0 Å². The van der Waals surface area contributed by atoms with E-state index >= 15 is 0 Å². The van der Waals surface area contributed by atoms with E-state index in [1.165, 1.54) is 0 Å². The molecule has 7 nitrogen and oxygen atoms in total. The van der Waals surface area contributed by atoms with Gasteiger partial charge in [0.1, 0.15) is 0 Å². The van der Waals surface area contributed by atoms with Crippen molar-refractivity contribution in [1.82, 2.24) is 15.1 Å². The zero-order valence-electron chi connectivity index (χ0n) is 15.0. The van der Waals surface area contributed by atoms with Gasteiger partial charge in [0, 0.05) is 32.7 Å². The minimum atomic E-state index is -0.558. The first-order valence-electron chi connectivity index (χ1n) is 9.08. The largest absolute Gasteiger partial charge is 0.379 e. The first-order valence-corrected chi connectivity index (χ1v) is 9.08. The summed E-state index contributed by atoms with van der Waals surface area (Å²) in [5, 5.41) is 2.66. The number of amides is 2. The standard InChI is InChI=1S/C17H32N4O3/c1-13(2)16(18)17(23)19-11-15(22)21-5-3-14(4-6-21)12-20-7-9-24-10-8-20/h13-14,16H,3-12,18H2,1-2H3,(H,19,23)/t16-/m0/s1. The number of likely N-dealkylation sites (tertiary alicyclic amines) is 1. The van der Waals surface area contributed by atoms with Crippen LogP contribution in [0.15, 0.2) is 0 Å². The molecule has 0 aromatic rings. The van der Waals surface area contributed by atoms with E-state index in [1.54, 1.807) is 0 Å². The van der Waals surface area contributed by atoms with E-state index in [2.05, 4.69) is 10.2 Å². The van der Waals surface area contributed by atoms with Gasteiger partial charge < -0.3 is 20.7 Å². The molecular formula is C17H32N4O3. The molecule has 0 saturated carbocycles. The van der Waals surface area contributed by atoms with Crippen molar-refractivity contribution >= 4 is 11.8 Å². The molecule has 2 amide bonds. The molecule has 0 unspecified atom stereocenters. The molecule has 2 saturated heterocycles. The molecule has 0 aliphatic carbocycles. The van der Waals surface area contributed by atoms with Crippen LogP contribution in [-0.4, -0.2) is 80.1 Å². The molecule has 1 atom stereocenters. The summed E-state index contributed by atoms with van der Waals surface area (Å²) < 4.78 is 5.38. The molecule has 138 valence electrons. The summed E-state index contributed by atoms with van der Waals surface area (Å²) in [5.41, 5.74) is 5.78. The Bertz CT molecular complexity index is 416. The van der Waals surface area contributed by atoms with Crippen LogP contribution < -0.4 is 11.1 Å². The molecule has 0 aromatic heterocycles. The number of nitrogens with one attached hydrogen (secondary N) is 1. The Kier molecular flexibility index (Phi) is 7.45. The third kappa shape index (κ3) is 5.72. The minimum absolute atomic E-state index is 0.0101. The van der Waals surface area contributed by atoms with Crippen LogP contribution in [0.1, 0.15) is 26.7 Å². The Hall–Kier alpha value is -1.18. The van der Waals surface area contributed by atoms with E-state index in [9.17, 15) is 9.59 Å². The van der Waals surface area contributed by atoms with Gasteiger partial charge in [-0.05, 0) is 24.7 Å². The lowest BCUT2D eigenvalue weighted by molar-refractivity contribution is -0.134. The second-order valence-electron chi connectivity index (χ2n) is 7.22. The zero-order chi connectivity index (χ0) is 17.5. The van der Waals surface area contributed by atoms with Gasteiger partial charge in [-0.15, -0.1) is 0 Å². The van der Waals surface area contributed by atoms with E-state index < -0.39 is 6.04 Å². The third-order valence-corrected chi connectivity index (χ3v) is 5.02. The van der Waals surface area contributed by atoms with Crippen molar-refractivity contribution in [3.63, 3.8) is 0 Å². The molecule has 0 aromatic carbocycles. The van der Waals surface area contributed by atoms with Crippen LogP contribution in [0.3, 0.4) is 0 Å². The average Bonchev–Trinajstić information content (AvgIpc) is 2.60. The Labute approximate surface area is 144 Å². The van der Waals surface area contributed by atoms with Crippen LogP contribution >= 0.6 is 0 Å². The van der Waals surface area contributed by atoms with Crippen molar-refractivity contribution in [2.24, 2.45) is 17.6 Å². The molecule has 0 spiro atoms. The van der Waals surface area contributed by atoms with Gasteiger partial charge in [0.2, 0.25) is 11.8 Å². The summed E-state index contributed by atoms with van der Waals surface area (Å²) in [7, 11) is 0. The highest BCUT2D eigenvalue weighted by molar-refractivity contribution is 5.87. The highest BCUT2D eigenvalue weighted by Gasteiger charge is 2.25. The lowest BCUT2D eigenvalue weighted by Gasteiger charge is -2.36. The normalized spacial score (nSPS) is 21.8. The maximum absolute atomic E-state index is 12.2. The molecular weight excluding hydrogens is 308 g/mol. The number of nitrogens with zero attached hydrogens (tertiary/aromatic N) is 2. The molecule has 24 heavy (non-hydrogen) atoms. The molecule has 2 rings (SSSR count). The summed E-state index contributed by atoms with van der Waals surface area (Å²) in [6.45, 7) is 10.2. The smallest absolute Gasteiger partial charge is 0.241 e. The van der Waals surface area contributed by atoms with Crippen LogP contribution in [0.2, 0.25) is 0 Å². The minimum Gasteiger partial charge on any atom is -0.379 e. The van der Waals surface area contributed by atoms with Gasteiger partial charge in [0.15, 0.2) is 0 Å². The Morgan fingerprint density at radius 2 is 1.79 bits per heavy atom. The summed E-state index contributed by atoms with van der Waals surface area (Å²) in [4.78, 5) is 28.4. The number of nitrogens with two attached hydrogens (primary N) is 1. The molecule has 2 aliphatic heterocycles. The van der Waals surface area contributed by atoms with E-state index in [0.29, 0.717) is 5.92 Å². The maximum Gasteiger partial charge on any atom is 0.241 e. The van der Waals surface area contributed by atoms with Crippen LogP contribution in [0.5, 0.6) is 0 Å². The third-order valence-electron chi connectivity index (χ3n) is 5.02. The van der Waals surface area contributed by atoms with E-state index in [0.717, 1.165) is 58.8 Å². The van der Waals surface area contributed by atoms with Crippen molar-refractivity contribution < 1.29 is 14.3 Å². The van der Waals surface area contributed by atoms with Gasteiger partial charge in [-0.25, -0.2) is 0 Å². The Morgan fingerprint density at radius 3 is 2.38 bits per heavy atom. The lowest BCUT2D eigenvalue weighted by atomic mass is 9.96. The molecule has 0 bridgehead atoms. The Morgan fingerprint density at radius 1 is 1.17 bits per heavy atom.